The molecule has 0 radical (unpaired) electrons. The number of nitrogens with zero attached hydrogens (tertiary/aromatic N) is 1. The Balaban J connectivity index is 2.95. The van der Waals surface area contributed by atoms with Crippen LogP contribution in [0.2, 0.25) is 0 Å². The molecule has 2 N–H and O–H groups in total. The monoisotopic (exact) mass is 379 g/mol. The van der Waals surface area contributed by atoms with E-state index < -0.39 is 5.91 Å². The van der Waals surface area contributed by atoms with Gasteiger partial charge in [-0.1, -0.05) is 0 Å². The maximum Gasteiger partial charge on any atom is 0.254 e. The first-order chi connectivity index (χ1) is 12.6. The number of carbonyl (C=O) groups is 2. The van der Waals surface area contributed by atoms with Crippen LogP contribution in [-0.4, -0.2) is 69.2 Å². The number of benzene rings is 1. The van der Waals surface area contributed by atoms with Crippen LogP contribution in [0.5, 0.6) is 17.2 Å². The predicted octanol–water partition coefficient (Wildman–Crippen LogP) is 1.98. The Hall–Kier alpha value is -2.54. The lowest BCUT2D eigenvalue weighted by molar-refractivity contribution is -0.888. The summed E-state index contributed by atoms with van der Waals surface area (Å²) in [5, 5.41) is 12.8. The number of aromatic hydroxyl groups is 1. The van der Waals surface area contributed by atoms with Crippen LogP contribution in [-0.2, 0) is 9.59 Å². The first kappa shape index (κ1) is 22.5. The Morgan fingerprint density at radius 2 is 1.74 bits per heavy atom. The fourth-order valence-electron chi connectivity index (χ4n) is 2.45. The van der Waals surface area contributed by atoms with Gasteiger partial charge < -0.3 is 24.4 Å². The molecular weight excluding hydrogens is 348 g/mol. The average Bonchev–Trinajstić information content (AvgIpc) is 2.63. The van der Waals surface area contributed by atoms with E-state index in [0.717, 1.165) is 24.0 Å². The molecule has 0 aliphatic carbocycles. The number of nitrogens with one attached hydrogen (secondary N) is 1. The van der Waals surface area contributed by atoms with Crippen molar-refractivity contribution in [3.63, 3.8) is 0 Å². The SMILES string of the molecule is CC[N+](C)(C)CCCNC(=O)C(=Cc1cc(OC)c(O)c(OC)c1)C(C)=O. The number of hydrogen-bond acceptors (Lipinski definition) is 5. The van der Waals surface area contributed by atoms with Gasteiger partial charge in [-0.2, -0.15) is 0 Å². The molecule has 27 heavy (non-hydrogen) atoms. The molecule has 150 valence electrons. The first-order valence-corrected chi connectivity index (χ1v) is 8.93. The van der Waals surface area contributed by atoms with E-state index in [0.29, 0.717) is 12.1 Å². The van der Waals surface area contributed by atoms with Gasteiger partial charge in [0, 0.05) is 13.0 Å². The molecule has 0 saturated heterocycles. The summed E-state index contributed by atoms with van der Waals surface area (Å²) in [5.74, 6) is -0.506. The molecular formula is C20H31N2O5+. The standard InChI is InChI=1S/C20H30N2O5/c1-7-22(3,4)10-8-9-21-20(25)16(14(2)23)11-15-12-17(26-5)19(24)18(13-15)27-6/h11-13H,7-10H2,1-6H3,(H-,21,23,24,25)/p+1. The van der Waals surface area contributed by atoms with Crippen molar-refractivity contribution < 1.29 is 28.7 Å². The Morgan fingerprint density at radius 3 is 2.19 bits per heavy atom. The third kappa shape index (κ3) is 6.60. The fourth-order valence-corrected chi connectivity index (χ4v) is 2.45. The molecule has 0 heterocycles. The fraction of sp³-hybridized carbons (Fsp3) is 0.500. The van der Waals surface area contributed by atoms with E-state index in [9.17, 15) is 14.7 Å². The van der Waals surface area contributed by atoms with Gasteiger partial charge in [-0.15, -0.1) is 0 Å². The number of quaternary nitrogens is 1. The first-order valence-electron chi connectivity index (χ1n) is 8.93. The molecule has 0 bridgehead atoms. The van der Waals surface area contributed by atoms with Gasteiger partial charge in [0.2, 0.25) is 5.75 Å². The van der Waals surface area contributed by atoms with Crippen LogP contribution in [0.15, 0.2) is 17.7 Å². The molecule has 0 aliphatic rings. The molecule has 0 spiro atoms. The molecule has 0 aromatic heterocycles. The summed E-state index contributed by atoms with van der Waals surface area (Å²) in [6, 6.07) is 3.07. The summed E-state index contributed by atoms with van der Waals surface area (Å²) in [6.45, 7) is 5.90. The number of carbonyl (C=O) groups excluding carboxylic acids is 2. The van der Waals surface area contributed by atoms with Gasteiger partial charge in [0.05, 0.1) is 47.0 Å². The molecule has 7 nitrogen and oxygen atoms in total. The zero-order chi connectivity index (χ0) is 20.6. The highest BCUT2D eigenvalue weighted by molar-refractivity contribution is 6.21. The summed E-state index contributed by atoms with van der Waals surface area (Å²) in [5.41, 5.74) is 0.555. The van der Waals surface area contributed by atoms with E-state index in [1.165, 1.54) is 39.4 Å². The van der Waals surface area contributed by atoms with Crippen molar-refractivity contribution in [3.05, 3.63) is 23.3 Å². The lowest BCUT2D eigenvalue weighted by atomic mass is 10.1. The van der Waals surface area contributed by atoms with Gasteiger partial charge in [-0.3, -0.25) is 9.59 Å². The molecule has 0 fully saturated rings. The summed E-state index contributed by atoms with van der Waals surface area (Å²) in [4.78, 5) is 24.4. The number of phenolic OH excluding ortho intramolecular Hbond substituents is 1. The van der Waals surface area contributed by atoms with Crippen LogP contribution < -0.4 is 14.8 Å². The second-order valence-corrected chi connectivity index (χ2v) is 6.97. The minimum Gasteiger partial charge on any atom is -0.502 e. The molecule has 1 aromatic rings. The second kappa shape index (κ2) is 9.97. The van der Waals surface area contributed by atoms with E-state index >= 15 is 0 Å². The van der Waals surface area contributed by atoms with Gasteiger partial charge in [-0.05, 0) is 37.6 Å². The van der Waals surface area contributed by atoms with Crippen molar-refractivity contribution >= 4 is 17.8 Å². The van der Waals surface area contributed by atoms with Gasteiger partial charge in [0.15, 0.2) is 17.3 Å². The highest BCUT2D eigenvalue weighted by Gasteiger charge is 2.17. The zero-order valence-corrected chi connectivity index (χ0v) is 17.1. The summed E-state index contributed by atoms with van der Waals surface area (Å²) in [6.07, 6.45) is 2.28. The molecule has 1 amide bonds. The quantitative estimate of drug-likeness (QED) is 0.213. The Morgan fingerprint density at radius 1 is 1.19 bits per heavy atom. The molecule has 0 unspecified atom stereocenters. The lowest BCUT2D eigenvalue weighted by Gasteiger charge is -2.28. The van der Waals surface area contributed by atoms with Crippen LogP contribution >= 0.6 is 0 Å². The van der Waals surface area contributed by atoms with Crippen molar-refractivity contribution in [2.45, 2.75) is 20.3 Å². The number of methoxy groups -OCH3 is 2. The maximum absolute atomic E-state index is 12.4. The zero-order valence-electron chi connectivity index (χ0n) is 17.1. The van der Waals surface area contributed by atoms with Crippen molar-refractivity contribution in [2.75, 3.05) is 47.9 Å². The Kier molecular flexibility index (Phi) is 8.31. The lowest BCUT2D eigenvalue weighted by Crippen LogP contribution is -2.41. The van der Waals surface area contributed by atoms with Crippen LogP contribution in [0.1, 0.15) is 25.8 Å². The van der Waals surface area contributed by atoms with Gasteiger partial charge in [-0.25, -0.2) is 0 Å². The van der Waals surface area contributed by atoms with Crippen molar-refractivity contribution in [3.8, 4) is 17.2 Å². The van der Waals surface area contributed by atoms with Crippen LogP contribution in [0.25, 0.3) is 6.08 Å². The number of amides is 1. The minimum atomic E-state index is -0.421. The topological polar surface area (TPSA) is 84.9 Å². The van der Waals surface area contributed by atoms with Crippen LogP contribution in [0.4, 0.5) is 0 Å². The van der Waals surface area contributed by atoms with E-state index in [-0.39, 0.29) is 28.6 Å². The summed E-state index contributed by atoms with van der Waals surface area (Å²) in [7, 11) is 7.09. The van der Waals surface area contributed by atoms with Gasteiger partial charge in [0.1, 0.15) is 0 Å². The average molecular weight is 379 g/mol. The number of rotatable bonds is 10. The van der Waals surface area contributed by atoms with E-state index in [4.69, 9.17) is 9.47 Å². The minimum absolute atomic E-state index is 0.0361. The molecule has 0 atom stereocenters. The van der Waals surface area contributed by atoms with Crippen molar-refractivity contribution in [1.82, 2.24) is 5.32 Å². The summed E-state index contributed by atoms with van der Waals surface area (Å²) < 4.78 is 11.1. The number of hydrogen-bond donors (Lipinski definition) is 2. The number of ether oxygens (including phenoxy) is 2. The van der Waals surface area contributed by atoms with E-state index in [1.807, 2.05) is 0 Å². The third-order valence-electron chi connectivity index (χ3n) is 4.52. The summed E-state index contributed by atoms with van der Waals surface area (Å²) >= 11 is 0. The second-order valence-electron chi connectivity index (χ2n) is 6.97. The van der Waals surface area contributed by atoms with Crippen LogP contribution in [0.3, 0.4) is 0 Å². The molecule has 1 rings (SSSR count). The Bertz CT molecular complexity index is 685. The molecule has 7 heteroatoms. The molecule has 0 saturated carbocycles. The van der Waals surface area contributed by atoms with Crippen molar-refractivity contribution in [1.29, 1.82) is 0 Å². The van der Waals surface area contributed by atoms with Crippen molar-refractivity contribution in [2.24, 2.45) is 0 Å². The molecule has 1 aromatic carbocycles. The number of Topliss-reactive ketones (excluding diaryl/α,β-unsaturated/α-hetero) is 1. The normalized spacial score (nSPS) is 11.9. The Labute approximate surface area is 161 Å². The van der Waals surface area contributed by atoms with E-state index in [1.54, 1.807) is 0 Å². The largest absolute Gasteiger partial charge is 0.502 e. The van der Waals surface area contributed by atoms with Gasteiger partial charge >= 0.3 is 0 Å². The van der Waals surface area contributed by atoms with E-state index in [2.05, 4.69) is 26.3 Å². The third-order valence-corrected chi connectivity index (χ3v) is 4.52. The maximum atomic E-state index is 12.4. The molecule has 0 aliphatic heterocycles. The highest BCUT2D eigenvalue weighted by atomic mass is 16.5. The number of ketones is 1. The van der Waals surface area contributed by atoms with Crippen LogP contribution in [0, 0.1) is 0 Å². The number of phenols is 1. The smallest absolute Gasteiger partial charge is 0.254 e. The predicted molar refractivity (Wildman–Crippen MR) is 105 cm³/mol. The highest BCUT2D eigenvalue weighted by Crippen LogP contribution is 2.37. The van der Waals surface area contributed by atoms with Gasteiger partial charge in [0.25, 0.3) is 5.91 Å².